The number of aryl methyl sites for hydroxylation is 1. The van der Waals surface area contributed by atoms with Crippen LogP contribution in [0, 0.1) is 6.92 Å². The number of unbranched alkanes of at least 4 members (excludes halogenated alkanes) is 1. The van der Waals surface area contributed by atoms with Gasteiger partial charge in [0.05, 0.1) is 0 Å². The van der Waals surface area contributed by atoms with Crippen LogP contribution in [0.5, 0.6) is 0 Å². The molecule has 0 bridgehead atoms. The molecule has 0 saturated heterocycles. The van der Waals surface area contributed by atoms with E-state index in [0.29, 0.717) is 24.1 Å². The summed E-state index contributed by atoms with van der Waals surface area (Å²) in [7, 11) is 0. The Labute approximate surface area is 120 Å². The Morgan fingerprint density at radius 1 is 1.35 bits per heavy atom. The first-order valence-corrected chi connectivity index (χ1v) is 7.59. The quantitative estimate of drug-likeness (QED) is 0.784. The highest BCUT2D eigenvalue weighted by Crippen LogP contribution is 2.21. The summed E-state index contributed by atoms with van der Waals surface area (Å²) in [5.41, 5.74) is 0.453. The molecule has 1 aliphatic carbocycles. The molecule has 0 spiro atoms. The molecule has 0 atom stereocenters. The smallest absolute Gasteiger partial charge is 0.270 e. The number of carbonyl (C=O) groups is 1. The van der Waals surface area contributed by atoms with Gasteiger partial charge in [0, 0.05) is 18.7 Å². The molecule has 5 heteroatoms. The molecule has 0 aliphatic heterocycles. The summed E-state index contributed by atoms with van der Waals surface area (Å²) in [5, 5.41) is 6.30. The number of hydrogen-bond donors (Lipinski definition) is 2. The maximum absolute atomic E-state index is 12.0. The molecule has 2 rings (SSSR count). The largest absolute Gasteiger partial charge is 0.367 e. The number of carbonyl (C=O) groups excluding carboxylic acids is 1. The predicted octanol–water partition coefficient (Wildman–Crippen LogP) is 2.67. The minimum Gasteiger partial charge on any atom is -0.367 e. The zero-order valence-electron chi connectivity index (χ0n) is 12.4. The Morgan fingerprint density at radius 2 is 2.10 bits per heavy atom. The highest BCUT2D eigenvalue weighted by atomic mass is 16.1. The van der Waals surface area contributed by atoms with Crippen LogP contribution in [0.3, 0.4) is 0 Å². The molecule has 0 aromatic carbocycles. The Kier molecular flexibility index (Phi) is 5.32. The third-order valence-electron chi connectivity index (χ3n) is 3.59. The maximum atomic E-state index is 12.0. The van der Waals surface area contributed by atoms with Crippen molar-refractivity contribution < 1.29 is 4.79 Å². The SMILES string of the molecule is CCCCNC(=O)c1cc(NC2CCCC2)nc(C)n1. The second-order valence-corrected chi connectivity index (χ2v) is 5.42. The topological polar surface area (TPSA) is 66.9 Å². The fraction of sp³-hybridized carbons (Fsp3) is 0.667. The van der Waals surface area contributed by atoms with Crippen LogP contribution < -0.4 is 10.6 Å². The third kappa shape index (κ3) is 4.18. The predicted molar refractivity (Wildman–Crippen MR) is 79.9 cm³/mol. The van der Waals surface area contributed by atoms with Crippen molar-refractivity contribution >= 4 is 11.7 Å². The van der Waals surface area contributed by atoms with E-state index in [0.717, 1.165) is 18.7 Å². The summed E-state index contributed by atoms with van der Waals surface area (Å²) in [5.74, 6) is 1.29. The van der Waals surface area contributed by atoms with Gasteiger partial charge in [0.2, 0.25) is 0 Å². The average molecular weight is 276 g/mol. The minimum absolute atomic E-state index is 0.113. The fourth-order valence-corrected chi connectivity index (χ4v) is 2.51. The lowest BCUT2D eigenvalue weighted by atomic mass is 10.2. The van der Waals surface area contributed by atoms with Crippen molar-refractivity contribution in [1.82, 2.24) is 15.3 Å². The summed E-state index contributed by atoms with van der Waals surface area (Å²) < 4.78 is 0. The molecule has 2 N–H and O–H groups in total. The van der Waals surface area contributed by atoms with Gasteiger partial charge in [0.25, 0.3) is 5.91 Å². The van der Waals surface area contributed by atoms with Gasteiger partial charge in [-0.05, 0) is 26.2 Å². The molecule has 0 unspecified atom stereocenters. The molecule has 20 heavy (non-hydrogen) atoms. The lowest BCUT2D eigenvalue weighted by Crippen LogP contribution is -2.26. The number of anilines is 1. The molecule has 1 heterocycles. The van der Waals surface area contributed by atoms with Crippen molar-refractivity contribution in [2.24, 2.45) is 0 Å². The van der Waals surface area contributed by atoms with E-state index >= 15 is 0 Å². The van der Waals surface area contributed by atoms with Gasteiger partial charge in [-0.3, -0.25) is 4.79 Å². The van der Waals surface area contributed by atoms with Crippen LogP contribution in [0.15, 0.2) is 6.07 Å². The van der Waals surface area contributed by atoms with Crippen LogP contribution in [-0.4, -0.2) is 28.5 Å². The first-order valence-electron chi connectivity index (χ1n) is 7.59. The van der Waals surface area contributed by atoms with Gasteiger partial charge in [-0.2, -0.15) is 0 Å². The van der Waals surface area contributed by atoms with Gasteiger partial charge in [-0.15, -0.1) is 0 Å². The summed E-state index contributed by atoms with van der Waals surface area (Å²) in [6.07, 6.45) is 6.96. The maximum Gasteiger partial charge on any atom is 0.270 e. The van der Waals surface area contributed by atoms with Crippen LogP contribution in [-0.2, 0) is 0 Å². The molecular weight excluding hydrogens is 252 g/mol. The molecule has 1 aliphatic rings. The lowest BCUT2D eigenvalue weighted by Gasteiger charge is -2.13. The Morgan fingerprint density at radius 3 is 2.80 bits per heavy atom. The second-order valence-electron chi connectivity index (χ2n) is 5.42. The molecule has 1 saturated carbocycles. The summed E-state index contributed by atoms with van der Waals surface area (Å²) in [6.45, 7) is 4.62. The number of nitrogens with one attached hydrogen (secondary N) is 2. The number of rotatable bonds is 6. The van der Waals surface area contributed by atoms with Gasteiger partial charge >= 0.3 is 0 Å². The second kappa shape index (κ2) is 7.22. The van der Waals surface area contributed by atoms with E-state index in [-0.39, 0.29) is 5.91 Å². The van der Waals surface area contributed by atoms with Crippen LogP contribution in [0.1, 0.15) is 61.8 Å². The Hall–Kier alpha value is -1.65. The van der Waals surface area contributed by atoms with Gasteiger partial charge in [-0.1, -0.05) is 26.2 Å². The van der Waals surface area contributed by atoms with E-state index in [1.165, 1.54) is 25.7 Å². The lowest BCUT2D eigenvalue weighted by molar-refractivity contribution is 0.0948. The van der Waals surface area contributed by atoms with E-state index in [4.69, 9.17) is 0 Å². The Bertz CT molecular complexity index is 455. The van der Waals surface area contributed by atoms with Crippen molar-refractivity contribution in [3.05, 3.63) is 17.6 Å². The monoisotopic (exact) mass is 276 g/mol. The minimum atomic E-state index is -0.113. The van der Waals surface area contributed by atoms with Gasteiger partial charge in [0.1, 0.15) is 17.3 Å². The van der Waals surface area contributed by atoms with Crippen molar-refractivity contribution in [2.75, 3.05) is 11.9 Å². The number of nitrogens with zero attached hydrogens (tertiary/aromatic N) is 2. The number of aromatic nitrogens is 2. The van der Waals surface area contributed by atoms with Crippen LogP contribution in [0.2, 0.25) is 0 Å². The van der Waals surface area contributed by atoms with Gasteiger partial charge < -0.3 is 10.6 Å². The number of hydrogen-bond acceptors (Lipinski definition) is 4. The highest BCUT2D eigenvalue weighted by Gasteiger charge is 2.16. The summed E-state index contributed by atoms with van der Waals surface area (Å²) in [4.78, 5) is 20.6. The molecule has 1 fully saturated rings. The van der Waals surface area contributed by atoms with E-state index in [1.807, 2.05) is 6.92 Å². The van der Waals surface area contributed by atoms with Gasteiger partial charge in [-0.25, -0.2) is 9.97 Å². The van der Waals surface area contributed by atoms with Crippen molar-refractivity contribution in [3.8, 4) is 0 Å². The summed E-state index contributed by atoms with van der Waals surface area (Å²) >= 11 is 0. The van der Waals surface area contributed by atoms with Crippen LogP contribution >= 0.6 is 0 Å². The van der Waals surface area contributed by atoms with Crippen molar-refractivity contribution in [1.29, 1.82) is 0 Å². The Balaban J connectivity index is 2.01. The van der Waals surface area contributed by atoms with E-state index in [1.54, 1.807) is 6.07 Å². The first kappa shape index (κ1) is 14.8. The normalized spacial score (nSPS) is 15.3. The van der Waals surface area contributed by atoms with Crippen LogP contribution in [0.4, 0.5) is 5.82 Å². The van der Waals surface area contributed by atoms with Crippen molar-refractivity contribution in [2.45, 2.75) is 58.4 Å². The van der Waals surface area contributed by atoms with E-state index < -0.39 is 0 Å². The number of amides is 1. The first-order chi connectivity index (χ1) is 9.69. The van der Waals surface area contributed by atoms with Crippen LogP contribution in [0.25, 0.3) is 0 Å². The van der Waals surface area contributed by atoms with Crippen molar-refractivity contribution in [3.63, 3.8) is 0 Å². The van der Waals surface area contributed by atoms with E-state index in [2.05, 4.69) is 27.5 Å². The highest BCUT2D eigenvalue weighted by molar-refractivity contribution is 5.92. The zero-order valence-corrected chi connectivity index (χ0v) is 12.4. The van der Waals surface area contributed by atoms with Gasteiger partial charge in [0.15, 0.2) is 0 Å². The molecule has 1 amide bonds. The summed E-state index contributed by atoms with van der Waals surface area (Å²) in [6, 6.07) is 2.24. The third-order valence-corrected chi connectivity index (χ3v) is 3.59. The molecule has 1 aromatic rings. The molecule has 110 valence electrons. The standard InChI is InChI=1S/C15H24N4O/c1-3-4-9-16-15(20)13-10-14(18-11(2)17-13)19-12-7-5-6-8-12/h10,12H,3-9H2,1-2H3,(H,16,20)(H,17,18,19). The molecule has 1 aromatic heterocycles. The zero-order chi connectivity index (χ0) is 14.4. The molecule has 5 nitrogen and oxygen atoms in total. The fourth-order valence-electron chi connectivity index (χ4n) is 2.51. The van der Waals surface area contributed by atoms with E-state index in [9.17, 15) is 4.79 Å². The molecular formula is C15H24N4O. The average Bonchev–Trinajstić information content (AvgIpc) is 2.91. The molecule has 0 radical (unpaired) electrons.